The monoisotopic (exact) mass is 498 g/mol. The van der Waals surface area contributed by atoms with Gasteiger partial charge in [-0.15, -0.1) is 0 Å². The van der Waals surface area contributed by atoms with E-state index < -0.39 is 21.9 Å². The van der Waals surface area contributed by atoms with Crippen LogP contribution in [0.1, 0.15) is 35.7 Å². The molecule has 172 valence electrons. The molecule has 10 heteroatoms. The number of halogens is 2. The number of carbonyl (C=O) groups excluding carboxylic acids is 2. The van der Waals surface area contributed by atoms with Crippen molar-refractivity contribution < 1.29 is 22.7 Å². The van der Waals surface area contributed by atoms with Crippen LogP contribution in [0.25, 0.3) is 0 Å². The molecule has 0 radical (unpaired) electrons. The van der Waals surface area contributed by atoms with E-state index >= 15 is 0 Å². The van der Waals surface area contributed by atoms with Crippen LogP contribution < -0.4 is 5.32 Å². The number of sulfonamides is 1. The second-order valence-electron chi connectivity index (χ2n) is 7.49. The first-order valence-corrected chi connectivity index (χ1v) is 12.6. The number of esters is 1. The van der Waals surface area contributed by atoms with E-state index in [1.165, 1.54) is 10.4 Å². The van der Waals surface area contributed by atoms with Crippen molar-refractivity contribution in [2.75, 3.05) is 25.0 Å². The first-order chi connectivity index (χ1) is 15.2. The average molecular weight is 499 g/mol. The smallest absolute Gasteiger partial charge is 0.338 e. The third kappa shape index (κ3) is 6.22. The van der Waals surface area contributed by atoms with Gasteiger partial charge in [-0.1, -0.05) is 29.3 Å². The van der Waals surface area contributed by atoms with E-state index in [1.807, 2.05) is 0 Å². The zero-order valence-corrected chi connectivity index (χ0v) is 19.8. The summed E-state index contributed by atoms with van der Waals surface area (Å²) in [4.78, 5) is 24.5. The van der Waals surface area contributed by atoms with Gasteiger partial charge >= 0.3 is 5.97 Å². The molecule has 2 aromatic carbocycles. The maximum atomic E-state index is 12.9. The Balaban J connectivity index is 1.62. The first-order valence-electron chi connectivity index (χ1n) is 10.2. The zero-order valence-electron chi connectivity index (χ0n) is 17.5. The van der Waals surface area contributed by atoms with Gasteiger partial charge in [0.2, 0.25) is 15.9 Å². The highest BCUT2D eigenvalue weighted by Gasteiger charge is 2.32. The Morgan fingerprint density at radius 2 is 1.84 bits per heavy atom. The Hall–Kier alpha value is -2.13. The number of amides is 1. The third-order valence-corrected chi connectivity index (χ3v) is 7.70. The highest BCUT2D eigenvalue weighted by Crippen LogP contribution is 2.26. The lowest BCUT2D eigenvalue weighted by atomic mass is 9.98. The molecule has 1 atom stereocenters. The Morgan fingerprint density at radius 3 is 2.50 bits per heavy atom. The van der Waals surface area contributed by atoms with Crippen molar-refractivity contribution in [3.8, 4) is 0 Å². The number of piperidine rings is 1. The molecule has 0 aromatic heterocycles. The molecule has 7 nitrogen and oxygen atoms in total. The summed E-state index contributed by atoms with van der Waals surface area (Å²) in [5, 5.41) is 3.46. The summed E-state index contributed by atoms with van der Waals surface area (Å²) < 4.78 is 32.1. The van der Waals surface area contributed by atoms with Crippen LogP contribution in [0.2, 0.25) is 10.0 Å². The highest BCUT2D eigenvalue weighted by atomic mass is 35.5. The molecule has 1 saturated heterocycles. The van der Waals surface area contributed by atoms with Gasteiger partial charge in [0.25, 0.3) is 0 Å². The molecule has 32 heavy (non-hydrogen) atoms. The van der Waals surface area contributed by atoms with Crippen molar-refractivity contribution in [1.29, 1.82) is 0 Å². The van der Waals surface area contributed by atoms with Gasteiger partial charge in [0.05, 0.1) is 33.9 Å². The number of ether oxygens (including phenoxy) is 1. The molecule has 1 aliphatic rings. The van der Waals surface area contributed by atoms with Crippen molar-refractivity contribution in [2.45, 2.75) is 25.5 Å². The summed E-state index contributed by atoms with van der Waals surface area (Å²) in [6.07, 6.45) is 1.17. The van der Waals surface area contributed by atoms with Gasteiger partial charge < -0.3 is 10.1 Å². The highest BCUT2D eigenvalue weighted by molar-refractivity contribution is 7.88. The van der Waals surface area contributed by atoms with Crippen LogP contribution in [0.3, 0.4) is 0 Å². The number of anilines is 1. The SMILES string of the molecule is CCOC(=O)c1ccc(NC(=O)[C@@H]2CCCN(S(=O)(=O)Cc3ccc(Cl)c(Cl)c3)C2)cc1. The summed E-state index contributed by atoms with van der Waals surface area (Å²) in [7, 11) is -3.63. The largest absolute Gasteiger partial charge is 0.462 e. The molecule has 1 amide bonds. The Bertz CT molecular complexity index is 1090. The van der Waals surface area contributed by atoms with E-state index in [9.17, 15) is 18.0 Å². The van der Waals surface area contributed by atoms with E-state index in [0.29, 0.717) is 46.2 Å². The quantitative estimate of drug-likeness (QED) is 0.572. The summed E-state index contributed by atoms with van der Waals surface area (Å²) in [6, 6.07) is 11.1. The molecule has 0 bridgehead atoms. The number of nitrogens with one attached hydrogen (secondary N) is 1. The summed E-state index contributed by atoms with van der Waals surface area (Å²) >= 11 is 11.9. The van der Waals surface area contributed by atoms with Crippen molar-refractivity contribution in [3.05, 3.63) is 63.6 Å². The molecule has 1 aliphatic heterocycles. The van der Waals surface area contributed by atoms with Crippen LogP contribution in [-0.2, 0) is 25.3 Å². The molecule has 1 heterocycles. The number of nitrogens with zero attached hydrogens (tertiary/aromatic N) is 1. The van der Waals surface area contributed by atoms with E-state index in [4.69, 9.17) is 27.9 Å². The van der Waals surface area contributed by atoms with Crippen LogP contribution in [0.5, 0.6) is 0 Å². The van der Waals surface area contributed by atoms with E-state index in [-0.39, 0.29) is 24.8 Å². The number of carbonyl (C=O) groups is 2. The number of rotatable bonds is 7. The van der Waals surface area contributed by atoms with Gasteiger partial charge in [-0.05, 0) is 61.7 Å². The van der Waals surface area contributed by atoms with E-state index in [2.05, 4.69) is 5.32 Å². The maximum Gasteiger partial charge on any atom is 0.338 e. The van der Waals surface area contributed by atoms with Crippen molar-refractivity contribution in [2.24, 2.45) is 5.92 Å². The Labute approximate surface area is 197 Å². The topological polar surface area (TPSA) is 92.8 Å². The van der Waals surface area contributed by atoms with Gasteiger partial charge in [0, 0.05) is 18.8 Å². The van der Waals surface area contributed by atoms with Crippen LogP contribution in [0.4, 0.5) is 5.69 Å². The van der Waals surface area contributed by atoms with Gasteiger partial charge in [-0.3, -0.25) is 4.79 Å². The maximum absolute atomic E-state index is 12.9. The normalized spacial score (nSPS) is 17.0. The fourth-order valence-corrected chi connectivity index (χ4v) is 5.41. The van der Waals surface area contributed by atoms with Gasteiger partial charge in [0.1, 0.15) is 0 Å². The van der Waals surface area contributed by atoms with Crippen LogP contribution in [-0.4, -0.2) is 44.3 Å². The molecule has 0 saturated carbocycles. The first kappa shape index (κ1) is 24.5. The lowest BCUT2D eigenvalue weighted by Crippen LogP contribution is -2.44. The van der Waals surface area contributed by atoms with Gasteiger partial charge in [-0.25, -0.2) is 17.5 Å². The molecular formula is C22H24Cl2N2O5S. The number of benzene rings is 2. The van der Waals surface area contributed by atoms with E-state index in [1.54, 1.807) is 43.3 Å². The Kier molecular flexibility index (Phi) is 8.16. The fourth-order valence-electron chi connectivity index (χ4n) is 3.49. The zero-order chi connectivity index (χ0) is 23.3. The number of hydrogen-bond donors (Lipinski definition) is 1. The minimum Gasteiger partial charge on any atom is -0.462 e. The minimum absolute atomic E-state index is 0.108. The summed E-state index contributed by atoms with van der Waals surface area (Å²) in [6.45, 7) is 2.48. The van der Waals surface area contributed by atoms with Crippen molar-refractivity contribution in [3.63, 3.8) is 0 Å². The van der Waals surface area contributed by atoms with Crippen LogP contribution in [0.15, 0.2) is 42.5 Å². The van der Waals surface area contributed by atoms with Crippen molar-refractivity contribution in [1.82, 2.24) is 4.31 Å². The molecule has 2 aromatic rings. The lowest BCUT2D eigenvalue weighted by Gasteiger charge is -2.31. The average Bonchev–Trinajstić information content (AvgIpc) is 2.77. The summed E-state index contributed by atoms with van der Waals surface area (Å²) in [5.41, 5.74) is 1.45. The lowest BCUT2D eigenvalue weighted by molar-refractivity contribution is -0.120. The molecule has 0 unspecified atom stereocenters. The van der Waals surface area contributed by atoms with E-state index in [0.717, 1.165) is 0 Å². The molecule has 0 spiro atoms. The molecular weight excluding hydrogens is 475 g/mol. The van der Waals surface area contributed by atoms with Crippen LogP contribution >= 0.6 is 23.2 Å². The predicted octanol–water partition coefficient (Wildman–Crippen LogP) is 4.35. The second kappa shape index (κ2) is 10.7. The Morgan fingerprint density at radius 1 is 1.12 bits per heavy atom. The molecule has 0 aliphatic carbocycles. The van der Waals surface area contributed by atoms with Gasteiger partial charge in [-0.2, -0.15) is 0 Å². The van der Waals surface area contributed by atoms with Crippen molar-refractivity contribution >= 4 is 50.8 Å². The second-order valence-corrected chi connectivity index (χ2v) is 10.3. The summed E-state index contributed by atoms with van der Waals surface area (Å²) in [5.74, 6) is -1.38. The predicted molar refractivity (Wildman–Crippen MR) is 124 cm³/mol. The fraction of sp³-hybridized carbons (Fsp3) is 0.364. The van der Waals surface area contributed by atoms with Crippen LogP contribution in [0, 0.1) is 5.92 Å². The van der Waals surface area contributed by atoms with Gasteiger partial charge in [0.15, 0.2) is 0 Å². The molecule has 1 N–H and O–H groups in total. The standard InChI is InChI=1S/C22H24Cl2N2O5S/c1-2-31-22(28)16-6-8-18(9-7-16)25-21(27)17-4-3-11-26(13-17)32(29,30)14-15-5-10-19(23)20(24)12-15/h5-10,12,17H,2-4,11,13-14H2,1H3,(H,25,27)/t17-/m1/s1. The third-order valence-electron chi connectivity index (χ3n) is 5.14. The molecule has 1 fully saturated rings. The molecule has 3 rings (SSSR count). The minimum atomic E-state index is -3.63. The number of hydrogen-bond acceptors (Lipinski definition) is 5.